The zero-order valence-electron chi connectivity index (χ0n) is 9.47. The Morgan fingerprint density at radius 3 is 2.61 bits per heavy atom. The molecule has 0 radical (unpaired) electrons. The summed E-state index contributed by atoms with van der Waals surface area (Å²) in [5.41, 5.74) is 7.23. The van der Waals surface area contributed by atoms with Gasteiger partial charge in [0.15, 0.2) is 0 Å². The first-order valence-corrected chi connectivity index (χ1v) is 6.06. The first-order valence-electron chi connectivity index (χ1n) is 5.28. The normalized spacial score (nSPS) is 10.1. The summed E-state index contributed by atoms with van der Waals surface area (Å²) in [5.74, 6) is 0.678. The number of ether oxygens (including phenoxy) is 1. The topological polar surface area (TPSA) is 48.1 Å². The fourth-order valence-corrected chi connectivity index (χ4v) is 1.94. The molecule has 0 aliphatic carbocycles. The van der Waals surface area contributed by atoms with Crippen molar-refractivity contribution in [2.24, 2.45) is 5.73 Å². The Labute approximate surface area is 116 Å². The zero-order chi connectivity index (χ0) is 13.0. The van der Waals surface area contributed by atoms with Gasteiger partial charge in [0.2, 0.25) is 0 Å². The van der Waals surface area contributed by atoms with Crippen molar-refractivity contribution in [1.29, 1.82) is 0 Å². The number of nitrogens with zero attached hydrogens (tertiary/aromatic N) is 1. The van der Waals surface area contributed by atoms with Gasteiger partial charge < -0.3 is 10.5 Å². The minimum absolute atomic E-state index is 0.278. The highest BCUT2D eigenvalue weighted by atomic mass is 35.5. The Balaban J connectivity index is 2.07. The van der Waals surface area contributed by atoms with E-state index in [0.717, 1.165) is 5.56 Å². The SMILES string of the molecule is NC(=S)c1ccc(OCc2ccncc2)cc1Cl. The maximum atomic E-state index is 6.05. The lowest BCUT2D eigenvalue weighted by Gasteiger charge is -2.08. The predicted octanol–water partition coefficient (Wildman–Crippen LogP) is 2.95. The number of nitrogens with two attached hydrogens (primary N) is 1. The van der Waals surface area contributed by atoms with E-state index >= 15 is 0 Å². The highest BCUT2D eigenvalue weighted by molar-refractivity contribution is 7.80. The predicted molar refractivity (Wildman–Crippen MR) is 75.9 cm³/mol. The third kappa shape index (κ3) is 3.18. The number of pyridine rings is 1. The molecule has 5 heteroatoms. The van der Waals surface area contributed by atoms with Gasteiger partial charge >= 0.3 is 0 Å². The first-order chi connectivity index (χ1) is 8.66. The van der Waals surface area contributed by atoms with Crippen molar-refractivity contribution in [3.8, 4) is 5.75 Å². The second-order valence-electron chi connectivity index (χ2n) is 3.65. The van der Waals surface area contributed by atoms with Crippen molar-refractivity contribution in [2.75, 3.05) is 0 Å². The van der Waals surface area contributed by atoms with Crippen LogP contribution in [-0.2, 0) is 6.61 Å². The summed E-state index contributed by atoms with van der Waals surface area (Å²) < 4.78 is 5.61. The standard InChI is InChI=1S/C13H11ClN2OS/c14-12-7-10(1-2-11(12)13(15)18)17-8-9-3-5-16-6-4-9/h1-7H,8H2,(H2,15,18). The Kier molecular flexibility index (Phi) is 4.12. The first kappa shape index (κ1) is 12.8. The highest BCUT2D eigenvalue weighted by Gasteiger charge is 2.05. The van der Waals surface area contributed by atoms with Gasteiger partial charge in [-0.05, 0) is 35.9 Å². The molecule has 1 aromatic carbocycles. The van der Waals surface area contributed by atoms with Crippen molar-refractivity contribution in [2.45, 2.75) is 6.61 Å². The lowest BCUT2D eigenvalue weighted by atomic mass is 10.2. The quantitative estimate of drug-likeness (QED) is 0.874. The van der Waals surface area contributed by atoms with Gasteiger partial charge in [0, 0.05) is 18.0 Å². The molecule has 18 heavy (non-hydrogen) atoms. The monoisotopic (exact) mass is 278 g/mol. The molecular weight excluding hydrogens is 268 g/mol. The Bertz CT molecular complexity index is 560. The van der Waals surface area contributed by atoms with Crippen LogP contribution in [0.25, 0.3) is 0 Å². The van der Waals surface area contributed by atoms with Crippen LogP contribution in [0.3, 0.4) is 0 Å². The fourth-order valence-electron chi connectivity index (χ4n) is 1.43. The van der Waals surface area contributed by atoms with Crippen molar-refractivity contribution < 1.29 is 4.74 Å². The number of hydrogen-bond donors (Lipinski definition) is 1. The van der Waals surface area contributed by atoms with E-state index in [1.807, 2.05) is 12.1 Å². The van der Waals surface area contributed by atoms with E-state index in [1.54, 1.807) is 30.6 Å². The largest absolute Gasteiger partial charge is 0.489 e. The molecule has 1 heterocycles. The molecular formula is C13H11ClN2OS. The van der Waals surface area contributed by atoms with Crippen molar-refractivity contribution in [1.82, 2.24) is 4.98 Å². The van der Waals surface area contributed by atoms with Crippen LogP contribution in [-0.4, -0.2) is 9.97 Å². The van der Waals surface area contributed by atoms with Crippen LogP contribution in [0.4, 0.5) is 0 Å². The van der Waals surface area contributed by atoms with Crippen molar-refractivity contribution in [3.05, 3.63) is 58.9 Å². The van der Waals surface area contributed by atoms with Gasteiger partial charge in [-0.1, -0.05) is 23.8 Å². The van der Waals surface area contributed by atoms with Gasteiger partial charge in [0.25, 0.3) is 0 Å². The van der Waals surface area contributed by atoms with E-state index in [9.17, 15) is 0 Å². The number of halogens is 1. The Hall–Kier alpha value is -1.65. The highest BCUT2D eigenvalue weighted by Crippen LogP contribution is 2.23. The molecule has 0 saturated carbocycles. The molecule has 0 spiro atoms. The number of aromatic nitrogens is 1. The van der Waals surface area contributed by atoms with Crippen LogP contribution in [0.15, 0.2) is 42.7 Å². The molecule has 0 unspecified atom stereocenters. The third-order valence-corrected chi connectivity index (χ3v) is 2.89. The van der Waals surface area contributed by atoms with E-state index in [-0.39, 0.29) is 4.99 Å². The van der Waals surface area contributed by atoms with Crippen LogP contribution in [0.1, 0.15) is 11.1 Å². The molecule has 1 aromatic heterocycles. The second kappa shape index (κ2) is 5.80. The molecule has 92 valence electrons. The molecule has 0 aliphatic rings. The fraction of sp³-hybridized carbons (Fsp3) is 0.0769. The van der Waals surface area contributed by atoms with Gasteiger partial charge in [0.1, 0.15) is 17.3 Å². The summed E-state index contributed by atoms with van der Waals surface area (Å²) in [6.45, 7) is 0.464. The number of benzene rings is 1. The molecule has 0 atom stereocenters. The number of rotatable bonds is 4. The molecule has 0 bridgehead atoms. The maximum Gasteiger partial charge on any atom is 0.121 e. The van der Waals surface area contributed by atoms with Gasteiger partial charge in [-0.3, -0.25) is 4.98 Å². The molecule has 2 N–H and O–H groups in total. The van der Waals surface area contributed by atoms with Crippen molar-refractivity contribution in [3.63, 3.8) is 0 Å². The van der Waals surface area contributed by atoms with Gasteiger partial charge in [-0.15, -0.1) is 0 Å². The maximum absolute atomic E-state index is 6.05. The molecule has 0 fully saturated rings. The third-order valence-electron chi connectivity index (χ3n) is 2.36. The minimum Gasteiger partial charge on any atom is -0.489 e. The van der Waals surface area contributed by atoms with Gasteiger partial charge in [-0.25, -0.2) is 0 Å². The smallest absolute Gasteiger partial charge is 0.121 e. The zero-order valence-corrected chi connectivity index (χ0v) is 11.0. The minimum atomic E-state index is 0.278. The summed E-state index contributed by atoms with van der Waals surface area (Å²) in [4.78, 5) is 4.22. The van der Waals surface area contributed by atoms with E-state index < -0.39 is 0 Å². The molecule has 0 amide bonds. The Morgan fingerprint density at radius 2 is 2.00 bits per heavy atom. The lowest BCUT2D eigenvalue weighted by molar-refractivity contribution is 0.306. The summed E-state index contributed by atoms with van der Waals surface area (Å²) >= 11 is 10.9. The summed E-state index contributed by atoms with van der Waals surface area (Å²) in [5, 5.41) is 0.495. The average Bonchev–Trinajstić information content (AvgIpc) is 2.37. The van der Waals surface area contributed by atoms with Crippen molar-refractivity contribution >= 4 is 28.8 Å². The average molecular weight is 279 g/mol. The number of hydrogen-bond acceptors (Lipinski definition) is 3. The summed E-state index contributed by atoms with van der Waals surface area (Å²) in [6.07, 6.45) is 3.45. The van der Waals surface area contributed by atoms with Crippen LogP contribution in [0, 0.1) is 0 Å². The Morgan fingerprint density at radius 1 is 1.28 bits per heavy atom. The van der Waals surface area contributed by atoms with Gasteiger partial charge in [0.05, 0.1) is 5.02 Å². The van der Waals surface area contributed by atoms with Crippen LogP contribution in [0.2, 0.25) is 5.02 Å². The van der Waals surface area contributed by atoms with Crippen LogP contribution in [0.5, 0.6) is 5.75 Å². The molecule has 0 aliphatic heterocycles. The van der Waals surface area contributed by atoms with Crippen LogP contribution < -0.4 is 10.5 Å². The molecule has 3 nitrogen and oxygen atoms in total. The number of thiocarbonyl (C=S) groups is 1. The van der Waals surface area contributed by atoms with Crippen LogP contribution >= 0.6 is 23.8 Å². The molecule has 0 saturated heterocycles. The van der Waals surface area contributed by atoms with E-state index in [1.165, 1.54) is 0 Å². The van der Waals surface area contributed by atoms with E-state index in [0.29, 0.717) is 22.9 Å². The second-order valence-corrected chi connectivity index (χ2v) is 4.50. The van der Waals surface area contributed by atoms with E-state index in [2.05, 4.69) is 4.98 Å². The van der Waals surface area contributed by atoms with E-state index in [4.69, 9.17) is 34.3 Å². The molecule has 2 aromatic rings. The molecule has 2 rings (SSSR count). The lowest BCUT2D eigenvalue weighted by Crippen LogP contribution is -2.09. The van der Waals surface area contributed by atoms with Gasteiger partial charge in [-0.2, -0.15) is 0 Å². The summed E-state index contributed by atoms with van der Waals surface area (Å²) in [7, 11) is 0. The summed E-state index contributed by atoms with van der Waals surface area (Å²) in [6, 6.07) is 9.04.